The molecule has 1 saturated heterocycles. The number of likely N-dealkylation sites (tertiary alicyclic amines) is 1. The number of aromatic nitrogens is 1. The molecule has 2 amide bonds. The van der Waals surface area contributed by atoms with Crippen molar-refractivity contribution >= 4 is 17.5 Å². The molecule has 0 atom stereocenters. The Labute approximate surface area is 212 Å². The van der Waals surface area contributed by atoms with Crippen molar-refractivity contribution < 1.29 is 27.9 Å². The molecule has 2 aromatic carbocycles. The summed E-state index contributed by atoms with van der Waals surface area (Å²) < 4.78 is 38.8. The Morgan fingerprint density at radius 1 is 0.973 bits per heavy atom. The standard InChI is InChI=1S/C28H26F3N3O3/c29-28(30,31)24-17-20(9-14-32-24)25(36)34-15-10-19(11-16-34)18-1-5-22(6-2-18)33-26(37)27(12-13-27)21-3-7-23(35)8-4-21/h1-9,14,17,19,35H,10-13,15-16H2,(H,33,37). The van der Waals surface area contributed by atoms with E-state index in [1.807, 2.05) is 24.3 Å². The summed E-state index contributed by atoms with van der Waals surface area (Å²) in [6.07, 6.45) is -0.679. The molecule has 1 saturated carbocycles. The maximum absolute atomic E-state index is 13.0. The number of phenols is 1. The first kappa shape index (κ1) is 24.8. The quantitative estimate of drug-likeness (QED) is 0.476. The third-order valence-electron chi connectivity index (χ3n) is 7.32. The second kappa shape index (κ2) is 9.53. The highest BCUT2D eigenvalue weighted by molar-refractivity contribution is 6.01. The zero-order valence-electron chi connectivity index (χ0n) is 20.0. The molecule has 5 rings (SSSR count). The van der Waals surface area contributed by atoms with Crippen LogP contribution in [0.15, 0.2) is 66.9 Å². The summed E-state index contributed by atoms with van der Waals surface area (Å²) in [5.41, 5.74) is 1.04. The number of carbonyl (C=O) groups excluding carboxylic acids is 2. The van der Waals surface area contributed by atoms with E-state index in [9.17, 15) is 27.9 Å². The molecular weight excluding hydrogens is 483 g/mol. The highest BCUT2D eigenvalue weighted by Crippen LogP contribution is 2.49. The molecule has 0 radical (unpaired) electrons. The van der Waals surface area contributed by atoms with Gasteiger partial charge in [0.25, 0.3) is 5.91 Å². The van der Waals surface area contributed by atoms with Crippen molar-refractivity contribution in [2.45, 2.75) is 43.2 Å². The van der Waals surface area contributed by atoms with Gasteiger partial charge in [-0.25, -0.2) is 0 Å². The van der Waals surface area contributed by atoms with Gasteiger partial charge < -0.3 is 15.3 Å². The van der Waals surface area contributed by atoms with Crippen LogP contribution in [0.25, 0.3) is 0 Å². The maximum Gasteiger partial charge on any atom is 0.433 e. The monoisotopic (exact) mass is 509 g/mol. The van der Waals surface area contributed by atoms with Gasteiger partial charge in [0, 0.05) is 30.5 Å². The van der Waals surface area contributed by atoms with Crippen LogP contribution < -0.4 is 5.32 Å². The predicted molar refractivity (Wildman–Crippen MR) is 131 cm³/mol. The van der Waals surface area contributed by atoms with Crippen molar-refractivity contribution in [2.24, 2.45) is 0 Å². The van der Waals surface area contributed by atoms with Gasteiger partial charge in [-0.2, -0.15) is 13.2 Å². The average Bonchev–Trinajstić information content (AvgIpc) is 3.71. The summed E-state index contributed by atoms with van der Waals surface area (Å²) in [4.78, 5) is 30.6. The molecule has 0 bridgehead atoms. The van der Waals surface area contributed by atoms with Crippen molar-refractivity contribution in [1.29, 1.82) is 0 Å². The molecule has 2 heterocycles. The number of nitrogens with zero attached hydrogens (tertiary/aromatic N) is 2. The predicted octanol–water partition coefficient (Wildman–Crippen LogP) is 5.50. The molecule has 3 aromatic rings. The molecular formula is C28H26F3N3O3. The van der Waals surface area contributed by atoms with Crippen LogP contribution in [-0.4, -0.2) is 39.9 Å². The lowest BCUT2D eigenvalue weighted by Crippen LogP contribution is -2.38. The number of phenolic OH excluding ortho intramolecular Hbond substituents is 1. The van der Waals surface area contributed by atoms with Gasteiger partial charge in [-0.3, -0.25) is 14.6 Å². The van der Waals surface area contributed by atoms with Gasteiger partial charge in [0.05, 0.1) is 5.41 Å². The van der Waals surface area contributed by atoms with Crippen LogP contribution in [0.4, 0.5) is 18.9 Å². The Hall–Kier alpha value is -3.88. The number of amides is 2. The lowest BCUT2D eigenvalue weighted by atomic mass is 9.89. The number of halogens is 3. The molecule has 2 N–H and O–H groups in total. The average molecular weight is 510 g/mol. The zero-order valence-corrected chi connectivity index (χ0v) is 20.0. The molecule has 0 unspecified atom stereocenters. The van der Waals surface area contributed by atoms with Crippen LogP contribution in [0.1, 0.15) is 58.8 Å². The second-order valence-corrected chi connectivity index (χ2v) is 9.70. The summed E-state index contributed by atoms with van der Waals surface area (Å²) >= 11 is 0. The number of hydrogen-bond acceptors (Lipinski definition) is 4. The van der Waals surface area contributed by atoms with E-state index in [-0.39, 0.29) is 23.1 Å². The third-order valence-corrected chi connectivity index (χ3v) is 7.32. The number of hydrogen-bond donors (Lipinski definition) is 2. The van der Waals surface area contributed by atoms with Crippen molar-refractivity contribution in [1.82, 2.24) is 9.88 Å². The largest absolute Gasteiger partial charge is 0.508 e. The van der Waals surface area contributed by atoms with Crippen LogP contribution >= 0.6 is 0 Å². The molecule has 9 heteroatoms. The lowest BCUT2D eigenvalue weighted by Gasteiger charge is -2.32. The Morgan fingerprint density at radius 3 is 2.22 bits per heavy atom. The summed E-state index contributed by atoms with van der Waals surface area (Å²) in [6, 6.07) is 16.5. The Balaban J connectivity index is 1.17. The van der Waals surface area contributed by atoms with Gasteiger partial charge >= 0.3 is 6.18 Å². The van der Waals surface area contributed by atoms with E-state index in [1.54, 1.807) is 29.2 Å². The minimum atomic E-state index is -4.60. The number of carbonyl (C=O) groups is 2. The first-order valence-electron chi connectivity index (χ1n) is 12.2. The van der Waals surface area contributed by atoms with E-state index in [0.29, 0.717) is 31.6 Å². The minimum absolute atomic E-state index is 0.0124. The van der Waals surface area contributed by atoms with Gasteiger partial charge in [-0.1, -0.05) is 24.3 Å². The molecule has 0 spiro atoms. The Bertz CT molecular complexity index is 1290. The van der Waals surface area contributed by atoms with Crippen molar-refractivity contribution in [3.63, 3.8) is 0 Å². The third kappa shape index (κ3) is 5.16. The van der Waals surface area contributed by atoms with Crippen LogP contribution in [0.2, 0.25) is 0 Å². The van der Waals surface area contributed by atoms with Crippen LogP contribution in [0.3, 0.4) is 0 Å². The highest BCUT2D eigenvalue weighted by atomic mass is 19.4. The zero-order chi connectivity index (χ0) is 26.2. The molecule has 2 aliphatic rings. The number of aromatic hydroxyl groups is 1. The number of alkyl halides is 3. The Kier molecular flexibility index (Phi) is 6.39. The fourth-order valence-electron chi connectivity index (χ4n) is 4.96. The van der Waals surface area contributed by atoms with Crippen molar-refractivity contribution in [3.8, 4) is 5.75 Å². The number of pyridine rings is 1. The van der Waals surface area contributed by atoms with Gasteiger partial charge in [-0.05, 0) is 79.1 Å². The summed E-state index contributed by atoms with van der Waals surface area (Å²) in [6.45, 7) is 0.890. The smallest absolute Gasteiger partial charge is 0.433 e. The molecule has 192 valence electrons. The molecule has 1 aliphatic carbocycles. The number of piperidine rings is 1. The van der Waals surface area contributed by atoms with Gasteiger partial charge in [0.1, 0.15) is 11.4 Å². The van der Waals surface area contributed by atoms with Crippen LogP contribution in [0, 0.1) is 0 Å². The Morgan fingerprint density at radius 2 is 1.62 bits per heavy atom. The molecule has 1 aliphatic heterocycles. The van der Waals surface area contributed by atoms with Gasteiger partial charge in [0.2, 0.25) is 5.91 Å². The topological polar surface area (TPSA) is 82.5 Å². The number of nitrogens with one attached hydrogen (secondary N) is 1. The number of anilines is 1. The van der Waals surface area contributed by atoms with Crippen LogP contribution in [0.5, 0.6) is 5.75 Å². The number of benzene rings is 2. The fourth-order valence-corrected chi connectivity index (χ4v) is 4.96. The first-order chi connectivity index (χ1) is 17.7. The van der Waals surface area contributed by atoms with Crippen molar-refractivity contribution in [2.75, 3.05) is 18.4 Å². The molecule has 37 heavy (non-hydrogen) atoms. The van der Waals surface area contributed by atoms with E-state index in [2.05, 4.69) is 10.3 Å². The van der Waals surface area contributed by atoms with E-state index >= 15 is 0 Å². The van der Waals surface area contributed by atoms with Gasteiger partial charge in [0.15, 0.2) is 0 Å². The van der Waals surface area contributed by atoms with E-state index < -0.39 is 23.2 Å². The maximum atomic E-state index is 13.0. The normalized spacial score (nSPS) is 17.3. The second-order valence-electron chi connectivity index (χ2n) is 9.70. The summed E-state index contributed by atoms with van der Waals surface area (Å²) in [7, 11) is 0. The lowest BCUT2D eigenvalue weighted by molar-refractivity contribution is -0.141. The van der Waals surface area contributed by atoms with E-state index in [1.165, 1.54) is 6.07 Å². The van der Waals surface area contributed by atoms with E-state index in [4.69, 9.17) is 0 Å². The molecule has 2 fully saturated rings. The fraction of sp³-hybridized carbons (Fsp3) is 0.321. The summed E-state index contributed by atoms with van der Waals surface area (Å²) in [5, 5.41) is 12.5. The highest BCUT2D eigenvalue weighted by Gasteiger charge is 2.51. The van der Waals surface area contributed by atoms with E-state index in [0.717, 1.165) is 36.2 Å². The summed E-state index contributed by atoms with van der Waals surface area (Å²) in [5.74, 6) is -0.114. The molecule has 1 aromatic heterocycles. The minimum Gasteiger partial charge on any atom is -0.508 e. The molecule has 6 nitrogen and oxygen atoms in total. The van der Waals surface area contributed by atoms with Crippen LogP contribution in [-0.2, 0) is 16.4 Å². The van der Waals surface area contributed by atoms with Crippen molar-refractivity contribution in [3.05, 3.63) is 89.2 Å². The number of rotatable bonds is 5. The SMILES string of the molecule is O=C(c1ccnc(C(F)(F)F)c1)N1CCC(c2ccc(NC(=O)C3(c4ccc(O)cc4)CC3)cc2)CC1. The van der Waals surface area contributed by atoms with Gasteiger partial charge in [-0.15, -0.1) is 0 Å². The first-order valence-corrected chi connectivity index (χ1v) is 12.2.